The van der Waals surface area contributed by atoms with Crippen LogP contribution >= 0.6 is 0 Å². The molecule has 0 unspecified atom stereocenters. The van der Waals surface area contributed by atoms with Gasteiger partial charge in [-0.15, -0.1) is 14.1 Å². The van der Waals surface area contributed by atoms with Gasteiger partial charge in [0, 0.05) is 31.8 Å². The maximum atomic E-state index is 13.3. The normalized spacial score (nSPS) is 11.2. The summed E-state index contributed by atoms with van der Waals surface area (Å²) in [5.41, 5.74) is -0.818. The highest BCUT2D eigenvalue weighted by molar-refractivity contribution is 7.86. The van der Waals surface area contributed by atoms with Gasteiger partial charge >= 0.3 is 10.2 Å². The quantitative estimate of drug-likeness (QED) is 0.264. The number of nitrogens with one attached hydrogen (secondary N) is 1. The number of anilines is 2. The number of benzene rings is 2. The Morgan fingerprint density at radius 3 is 2.41 bits per heavy atom. The summed E-state index contributed by atoms with van der Waals surface area (Å²) in [5, 5.41) is 30.9. The van der Waals surface area contributed by atoms with Gasteiger partial charge in [0.15, 0.2) is 5.69 Å². The van der Waals surface area contributed by atoms with E-state index < -0.39 is 37.0 Å². The lowest BCUT2D eigenvalue weighted by atomic mass is 10.1. The second-order valence-electron chi connectivity index (χ2n) is 6.40. The van der Waals surface area contributed by atoms with E-state index in [1.807, 2.05) is 18.7 Å². The maximum Gasteiger partial charge on any atom is 0.332 e. The number of nitro benzene ring substituents is 1. The molecule has 2 aromatic rings. The zero-order valence-electron chi connectivity index (χ0n) is 17.4. The Morgan fingerprint density at radius 2 is 1.91 bits per heavy atom. The summed E-state index contributed by atoms with van der Waals surface area (Å²) < 4.78 is 35.6. The minimum Gasteiger partial charge on any atom is -0.372 e. The maximum absolute atomic E-state index is 13.3. The molecular formula is C19H19FN6O5S. The van der Waals surface area contributed by atoms with Crippen LogP contribution in [0.2, 0.25) is 0 Å². The van der Waals surface area contributed by atoms with Gasteiger partial charge in [-0.05, 0) is 38.1 Å². The lowest BCUT2D eigenvalue weighted by Crippen LogP contribution is -2.21. The van der Waals surface area contributed by atoms with Crippen molar-refractivity contribution in [2.24, 2.45) is 10.2 Å². The third-order valence-electron chi connectivity index (χ3n) is 4.34. The van der Waals surface area contributed by atoms with Crippen molar-refractivity contribution in [1.82, 2.24) is 0 Å². The Morgan fingerprint density at radius 1 is 1.25 bits per heavy atom. The molecule has 0 saturated carbocycles. The van der Waals surface area contributed by atoms with E-state index in [1.54, 1.807) is 18.2 Å². The standard InChI is InChI=1S/C19H19FN6O5S/c1-4-25(5-2)14-6-7-16(17(9-14)22-12(3)27)23-24-19-13(11-21)8-15(32(20,30)31)10-18(19)26(28)29/h6-10H,4-5H2,1-3H3,(H,22,27). The molecule has 2 aromatic carbocycles. The van der Waals surface area contributed by atoms with Crippen LogP contribution < -0.4 is 10.2 Å². The van der Waals surface area contributed by atoms with Gasteiger partial charge in [0.2, 0.25) is 5.91 Å². The number of halogens is 1. The average molecular weight is 462 g/mol. The van der Waals surface area contributed by atoms with Crippen LogP contribution in [-0.4, -0.2) is 32.3 Å². The molecule has 0 heterocycles. The Labute approximate surface area is 183 Å². The van der Waals surface area contributed by atoms with Crippen molar-refractivity contribution in [3.63, 3.8) is 0 Å². The molecule has 32 heavy (non-hydrogen) atoms. The second kappa shape index (κ2) is 9.92. The minimum absolute atomic E-state index is 0.136. The van der Waals surface area contributed by atoms with Crippen molar-refractivity contribution >= 4 is 44.6 Å². The number of nitro groups is 1. The minimum atomic E-state index is -5.29. The van der Waals surface area contributed by atoms with E-state index in [1.165, 1.54) is 13.0 Å². The van der Waals surface area contributed by atoms with Crippen molar-refractivity contribution in [3.8, 4) is 6.07 Å². The van der Waals surface area contributed by atoms with Gasteiger partial charge in [0.25, 0.3) is 5.69 Å². The van der Waals surface area contributed by atoms with Crippen LogP contribution in [0, 0.1) is 21.4 Å². The summed E-state index contributed by atoms with van der Waals surface area (Å²) in [6.07, 6.45) is 0. The highest BCUT2D eigenvalue weighted by Crippen LogP contribution is 2.37. The fourth-order valence-corrected chi connectivity index (χ4v) is 3.36. The Bertz CT molecular complexity index is 1240. The number of nitriles is 1. The summed E-state index contributed by atoms with van der Waals surface area (Å²) in [5.74, 6) is -0.389. The average Bonchev–Trinajstić information content (AvgIpc) is 2.72. The molecule has 1 amide bonds. The van der Waals surface area contributed by atoms with Crippen molar-refractivity contribution in [3.05, 3.63) is 46.0 Å². The summed E-state index contributed by atoms with van der Waals surface area (Å²) in [6, 6.07) is 7.55. The molecule has 0 aromatic heterocycles. The van der Waals surface area contributed by atoms with Crippen LogP contribution in [0.5, 0.6) is 0 Å². The fraction of sp³-hybridized carbons (Fsp3) is 0.263. The predicted octanol–water partition coefficient (Wildman–Crippen LogP) is 4.34. The summed E-state index contributed by atoms with van der Waals surface area (Å²) >= 11 is 0. The first kappa shape index (κ1) is 24.4. The largest absolute Gasteiger partial charge is 0.372 e. The Hall–Kier alpha value is -3.92. The van der Waals surface area contributed by atoms with Crippen LogP contribution in [0.15, 0.2) is 45.5 Å². The summed E-state index contributed by atoms with van der Waals surface area (Å²) in [7, 11) is -5.29. The number of hydrogen-bond acceptors (Lipinski definition) is 9. The highest BCUT2D eigenvalue weighted by atomic mass is 32.3. The van der Waals surface area contributed by atoms with Crippen LogP contribution in [0.25, 0.3) is 0 Å². The number of azo groups is 1. The smallest absolute Gasteiger partial charge is 0.332 e. The number of amides is 1. The molecule has 2 rings (SSSR count). The molecule has 1 N–H and O–H groups in total. The van der Waals surface area contributed by atoms with Crippen LogP contribution in [0.1, 0.15) is 26.3 Å². The van der Waals surface area contributed by atoms with Crippen molar-refractivity contribution in [2.75, 3.05) is 23.3 Å². The van der Waals surface area contributed by atoms with Crippen LogP contribution in [-0.2, 0) is 15.0 Å². The molecule has 0 fully saturated rings. The molecule has 168 valence electrons. The van der Waals surface area contributed by atoms with Gasteiger partial charge in [-0.2, -0.15) is 13.7 Å². The molecule has 0 atom stereocenters. The Balaban J connectivity index is 2.65. The Kier molecular flexibility index (Phi) is 7.55. The number of carbonyl (C=O) groups excluding carboxylic acids is 1. The van der Waals surface area contributed by atoms with Gasteiger partial charge in [0.05, 0.1) is 16.2 Å². The molecular weight excluding hydrogens is 443 g/mol. The SMILES string of the molecule is CCN(CC)c1ccc(N=Nc2c(C#N)cc(S(=O)(=O)F)cc2[N+](=O)[O-])c(NC(C)=O)c1. The van der Waals surface area contributed by atoms with Gasteiger partial charge in [-0.25, -0.2) is 0 Å². The molecule has 0 radical (unpaired) electrons. The van der Waals surface area contributed by atoms with Crippen molar-refractivity contribution in [1.29, 1.82) is 5.26 Å². The van der Waals surface area contributed by atoms with Crippen LogP contribution in [0.4, 0.5) is 32.3 Å². The summed E-state index contributed by atoms with van der Waals surface area (Å²) in [4.78, 5) is 23.0. The van der Waals surface area contributed by atoms with Crippen LogP contribution in [0.3, 0.4) is 0 Å². The predicted molar refractivity (Wildman–Crippen MR) is 115 cm³/mol. The van der Waals surface area contributed by atoms with E-state index in [9.17, 15) is 32.5 Å². The third-order valence-corrected chi connectivity index (χ3v) is 5.14. The number of nitrogens with zero attached hydrogens (tertiary/aromatic N) is 5. The first-order valence-electron chi connectivity index (χ1n) is 9.27. The van der Waals surface area contributed by atoms with Gasteiger partial charge in [0.1, 0.15) is 16.7 Å². The lowest BCUT2D eigenvalue weighted by molar-refractivity contribution is -0.384. The zero-order chi connectivity index (χ0) is 24.1. The fourth-order valence-electron chi connectivity index (χ4n) is 2.85. The number of hydrogen-bond donors (Lipinski definition) is 1. The van der Waals surface area contributed by atoms with E-state index >= 15 is 0 Å². The lowest BCUT2D eigenvalue weighted by Gasteiger charge is -2.22. The molecule has 0 aliphatic rings. The van der Waals surface area contributed by atoms with Gasteiger partial charge in [-0.1, -0.05) is 0 Å². The first-order chi connectivity index (χ1) is 15.0. The topological polar surface area (TPSA) is 158 Å². The summed E-state index contributed by atoms with van der Waals surface area (Å²) in [6.45, 7) is 6.62. The molecule has 0 spiro atoms. The monoisotopic (exact) mass is 462 g/mol. The molecule has 11 nitrogen and oxygen atoms in total. The first-order valence-corrected chi connectivity index (χ1v) is 10.7. The molecule has 0 aliphatic carbocycles. The van der Waals surface area contributed by atoms with Crippen molar-refractivity contribution < 1.29 is 22.0 Å². The van der Waals surface area contributed by atoms with E-state index in [-0.39, 0.29) is 17.3 Å². The number of carbonyl (C=O) groups is 1. The van der Waals surface area contributed by atoms with E-state index in [0.29, 0.717) is 25.2 Å². The third kappa shape index (κ3) is 5.61. The van der Waals surface area contributed by atoms with Gasteiger partial charge < -0.3 is 10.2 Å². The molecule has 13 heteroatoms. The van der Waals surface area contributed by atoms with E-state index in [2.05, 4.69) is 15.5 Å². The molecule has 0 saturated heterocycles. The molecule has 0 bridgehead atoms. The number of rotatable bonds is 8. The van der Waals surface area contributed by atoms with Gasteiger partial charge in [-0.3, -0.25) is 14.9 Å². The zero-order valence-corrected chi connectivity index (χ0v) is 18.2. The molecule has 0 aliphatic heterocycles. The van der Waals surface area contributed by atoms with E-state index in [4.69, 9.17) is 0 Å². The van der Waals surface area contributed by atoms with Crippen molar-refractivity contribution in [2.45, 2.75) is 25.7 Å². The second-order valence-corrected chi connectivity index (χ2v) is 7.75. The van der Waals surface area contributed by atoms with E-state index in [0.717, 1.165) is 5.69 Å². The highest BCUT2D eigenvalue weighted by Gasteiger charge is 2.25.